The monoisotopic (exact) mass is 200 g/mol. The number of carboxylic acids is 1. The van der Waals surface area contributed by atoms with Crippen molar-refractivity contribution in [3.8, 4) is 0 Å². The molecule has 68 valence electrons. The third-order valence-electron chi connectivity index (χ3n) is 0.903. The van der Waals surface area contributed by atoms with Crippen LogP contribution in [-0.2, 0) is 4.79 Å². The van der Waals surface area contributed by atoms with Crippen molar-refractivity contribution >= 4 is 17.7 Å². The third-order valence-corrected chi connectivity index (χ3v) is 2.08. The molecule has 0 aromatic heterocycles. The van der Waals surface area contributed by atoms with Gasteiger partial charge in [-0.2, -0.15) is 11.8 Å². The summed E-state index contributed by atoms with van der Waals surface area (Å²) in [4.78, 5) is 10.1. The Morgan fingerprint density at radius 1 is 1.73 bits per heavy atom. The lowest BCUT2D eigenvalue weighted by Gasteiger charge is -2.02. The maximum atomic E-state index is 10.1. The van der Waals surface area contributed by atoms with E-state index in [-0.39, 0.29) is 12.4 Å². The van der Waals surface area contributed by atoms with E-state index in [0.29, 0.717) is 5.75 Å². The largest absolute Gasteiger partial charge is 1.00 e. The smallest absolute Gasteiger partial charge is 0.321 e. The molecule has 0 aliphatic carbocycles. The van der Waals surface area contributed by atoms with Gasteiger partial charge in [-0.05, 0) is 0 Å². The molecule has 0 amide bonds. The van der Waals surface area contributed by atoms with E-state index in [0.717, 1.165) is 12.3 Å². The topological polar surface area (TPSA) is 91.0 Å². The number of thioether (sulfide) groups is 1. The van der Waals surface area contributed by atoms with E-state index in [1.54, 1.807) is 0 Å². The fourth-order valence-corrected chi connectivity index (χ4v) is 1.15. The Labute approximate surface area is 76.1 Å². The lowest BCUT2D eigenvalue weighted by molar-refractivity contribution is -0.360. The Balaban J connectivity index is 0. The van der Waals surface area contributed by atoms with Gasteiger partial charge in [0.25, 0.3) is 0 Å². The molecule has 0 heterocycles. The van der Waals surface area contributed by atoms with Gasteiger partial charge in [0, 0.05) is 11.5 Å². The van der Waals surface area contributed by atoms with E-state index in [1.165, 1.54) is 11.8 Å². The van der Waals surface area contributed by atoms with Crippen LogP contribution in [0, 0.1) is 0 Å². The minimum Gasteiger partial charge on any atom is -1.00 e. The van der Waals surface area contributed by atoms with Gasteiger partial charge in [-0.25, -0.2) is 0 Å². The summed E-state index contributed by atoms with van der Waals surface area (Å²) in [7, 11) is 0. The summed E-state index contributed by atoms with van der Waals surface area (Å²) in [6.45, 7) is 0.816. The second-order valence-electron chi connectivity index (χ2n) is 1.87. The van der Waals surface area contributed by atoms with Crippen molar-refractivity contribution in [2.75, 3.05) is 18.1 Å². The lowest BCUT2D eigenvalue weighted by Crippen LogP contribution is -3.00. The molecule has 0 aliphatic rings. The first-order chi connectivity index (χ1) is 4.68. The summed E-state index contributed by atoms with van der Waals surface area (Å²) in [5, 5.41) is 8.33. The molecule has 0 aromatic rings. The van der Waals surface area contributed by atoms with E-state index in [1.807, 2.05) is 0 Å². The van der Waals surface area contributed by atoms with Crippen molar-refractivity contribution in [1.29, 1.82) is 0 Å². The van der Waals surface area contributed by atoms with Crippen LogP contribution >= 0.6 is 11.8 Å². The van der Waals surface area contributed by atoms with Crippen LogP contribution in [0.3, 0.4) is 0 Å². The maximum absolute atomic E-state index is 10.1. The van der Waals surface area contributed by atoms with Gasteiger partial charge in [0.15, 0.2) is 0 Å². The van der Waals surface area contributed by atoms with Gasteiger partial charge in [-0.15, -0.1) is 0 Å². The fourth-order valence-electron chi connectivity index (χ4n) is 0.384. The summed E-state index contributed by atoms with van der Waals surface area (Å²) in [6.07, 6.45) is 0. The summed E-state index contributed by atoms with van der Waals surface area (Å²) < 4.78 is 0. The van der Waals surface area contributed by atoms with Crippen molar-refractivity contribution < 1.29 is 28.0 Å². The van der Waals surface area contributed by atoms with Crippen LogP contribution in [0.5, 0.6) is 0 Å². The predicted octanol–water partition coefficient (Wildman–Crippen LogP) is -4.62. The Hall–Kier alpha value is 0.0300. The molecule has 1 atom stereocenters. The molecule has 6 heteroatoms. The van der Waals surface area contributed by atoms with E-state index in [9.17, 15) is 4.79 Å². The van der Waals surface area contributed by atoms with E-state index >= 15 is 0 Å². The van der Waals surface area contributed by atoms with Crippen LogP contribution in [0.15, 0.2) is 0 Å². The van der Waals surface area contributed by atoms with Gasteiger partial charge in [-0.3, -0.25) is 4.79 Å². The first-order valence-corrected chi connectivity index (χ1v) is 4.19. The summed E-state index contributed by atoms with van der Waals surface area (Å²) >= 11 is 1.52. The van der Waals surface area contributed by atoms with E-state index in [2.05, 4.69) is 5.73 Å². The highest BCUT2D eigenvalue weighted by Gasteiger charge is 2.09. The Morgan fingerprint density at radius 2 is 2.27 bits per heavy atom. The van der Waals surface area contributed by atoms with Crippen LogP contribution in [0.4, 0.5) is 0 Å². The molecule has 0 spiro atoms. The molecule has 11 heavy (non-hydrogen) atoms. The van der Waals surface area contributed by atoms with Gasteiger partial charge < -0.3 is 29.0 Å². The first-order valence-electron chi connectivity index (χ1n) is 3.04. The standard InChI is InChI=1S/C5H12N2O2S.ClH/c6-1-2-10-3-4(7)5(8)9;/h4H,1-3,6-7H2,(H,8,9);1H/t4-;/m0./s1. The molecule has 0 saturated heterocycles. The zero-order valence-electron chi connectivity index (χ0n) is 6.12. The maximum Gasteiger partial charge on any atom is 0.321 e. The number of carbonyl (C=O) groups is 1. The van der Waals surface area contributed by atoms with Crippen LogP contribution in [0.1, 0.15) is 0 Å². The Bertz CT molecular complexity index is 115. The average molecular weight is 201 g/mol. The average Bonchev–Trinajstić information content (AvgIpc) is 1.88. The predicted molar refractivity (Wildman–Crippen MR) is 40.7 cm³/mol. The number of rotatable bonds is 5. The number of hydrogen-bond donors (Lipinski definition) is 3. The quantitative estimate of drug-likeness (QED) is 0.390. The zero-order chi connectivity index (χ0) is 7.98. The highest BCUT2D eigenvalue weighted by atomic mass is 35.5. The van der Waals surface area contributed by atoms with E-state index in [4.69, 9.17) is 10.8 Å². The SMILES string of the molecule is N[C@@H](CSCC[NH3+])C(=O)O.[Cl-]. The minimum atomic E-state index is -0.934. The number of halogens is 1. The second kappa shape index (κ2) is 8.13. The van der Waals surface area contributed by atoms with Crippen LogP contribution in [0.2, 0.25) is 0 Å². The van der Waals surface area contributed by atoms with Crippen molar-refractivity contribution in [1.82, 2.24) is 0 Å². The number of hydrogen-bond acceptors (Lipinski definition) is 3. The molecule has 0 rings (SSSR count). The van der Waals surface area contributed by atoms with Crippen LogP contribution < -0.4 is 23.9 Å². The van der Waals surface area contributed by atoms with Gasteiger partial charge in [0.2, 0.25) is 0 Å². The number of quaternary nitrogens is 1. The number of carboxylic acid groups (broad SMARTS) is 1. The van der Waals surface area contributed by atoms with Crippen molar-refractivity contribution in [3.63, 3.8) is 0 Å². The molecule has 0 fully saturated rings. The summed E-state index contributed by atoms with van der Waals surface area (Å²) in [5.74, 6) is 0.419. The van der Waals surface area contributed by atoms with Gasteiger partial charge >= 0.3 is 5.97 Å². The molecule has 0 aliphatic heterocycles. The first kappa shape index (κ1) is 13.6. The van der Waals surface area contributed by atoms with Crippen molar-refractivity contribution in [3.05, 3.63) is 0 Å². The molecule has 0 saturated carbocycles. The molecule has 4 nitrogen and oxygen atoms in total. The van der Waals surface area contributed by atoms with Crippen LogP contribution in [0.25, 0.3) is 0 Å². The minimum absolute atomic E-state index is 0. The Morgan fingerprint density at radius 3 is 2.64 bits per heavy atom. The molecule has 0 unspecified atom stereocenters. The summed E-state index contributed by atoms with van der Waals surface area (Å²) in [6, 6.07) is -0.725. The second-order valence-corrected chi connectivity index (χ2v) is 3.02. The summed E-state index contributed by atoms with van der Waals surface area (Å²) in [5.41, 5.74) is 8.83. The fraction of sp³-hybridized carbons (Fsp3) is 0.800. The van der Waals surface area contributed by atoms with Gasteiger partial charge in [0.1, 0.15) is 6.04 Å². The molecule has 6 N–H and O–H groups in total. The highest BCUT2D eigenvalue weighted by Crippen LogP contribution is 1.98. The lowest BCUT2D eigenvalue weighted by atomic mass is 10.4. The molecular formula is C5H13ClN2O2S. The molecule has 0 aromatic carbocycles. The molecular weight excluding hydrogens is 188 g/mol. The number of nitrogens with two attached hydrogens (primary N) is 1. The van der Waals surface area contributed by atoms with Crippen molar-refractivity contribution in [2.45, 2.75) is 6.04 Å². The third kappa shape index (κ3) is 7.93. The zero-order valence-corrected chi connectivity index (χ0v) is 7.70. The molecule has 0 radical (unpaired) electrons. The van der Waals surface area contributed by atoms with E-state index < -0.39 is 12.0 Å². The molecule has 0 bridgehead atoms. The highest BCUT2D eigenvalue weighted by molar-refractivity contribution is 7.99. The van der Waals surface area contributed by atoms with Gasteiger partial charge in [0.05, 0.1) is 6.54 Å². The van der Waals surface area contributed by atoms with Crippen molar-refractivity contribution in [2.24, 2.45) is 5.73 Å². The Kier molecular flexibility index (Phi) is 10.1. The van der Waals surface area contributed by atoms with Gasteiger partial charge in [-0.1, -0.05) is 0 Å². The number of aliphatic carboxylic acids is 1. The normalized spacial score (nSPS) is 11.8. The van der Waals surface area contributed by atoms with Crippen LogP contribution in [-0.4, -0.2) is 35.2 Å².